The van der Waals surface area contributed by atoms with E-state index in [0.29, 0.717) is 10.2 Å². The molecule has 0 aliphatic heterocycles. The number of amides is 3. The first kappa shape index (κ1) is 15.9. The van der Waals surface area contributed by atoms with Crippen LogP contribution in [0.25, 0.3) is 20.7 Å². The van der Waals surface area contributed by atoms with Crippen LogP contribution in [0.15, 0.2) is 47.5 Å². The van der Waals surface area contributed by atoms with Crippen LogP contribution in [0, 0.1) is 0 Å². The number of carbonyl (C=O) groups excluding carboxylic acids is 2. The standard InChI is InChI=1S/C16H14N4O3S/c1-17-16(23)19-13(21)8-20-9-18-11-7-12(24-14(11)15(20)22)10-5-3-2-4-6-10/h2-7,9H,8H2,1H3,(H2,17,19,21,23). The van der Waals surface area contributed by atoms with Gasteiger partial charge in [-0.3, -0.25) is 19.5 Å². The molecule has 0 atom stereocenters. The highest BCUT2D eigenvalue weighted by atomic mass is 32.1. The van der Waals surface area contributed by atoms with Gasteiger partial charge in [0, 0.05) is 11.9 Å². The Morgan fingerprint density at radius 1 is 1.25 bits per heavy atom. The van der Waals surface area contributed by atoms with Gasteiger partial charge in [0.2, 0.25) is 5.91 Å². The lowest BCUT2D eigenvalue weighted by molar-refractivity contribution is -0.120. The van der Waals surface area contributed by atoms with Crippen LogP contribution in [-0.2, 0) is 11.3 Å². The summed E-state index contributed by atoms with van der Waals surface area (Å²) in [6.45, 7) is -0.270. The number of benzene rings is 1. The number of nitrogens with zero attached hydrogens (tertiary/aromatic N) is 2. The van der Waals surface area contributed by atoms with Crippen molar-refractivity contribution >= 4 is 33.5 Å². The summed E-state index contributed by atoms with van der Waals surface area (Å²) < 4.78 is 1.66. The fourth-order valence-corrected chi connectivity index (χ4v) is 3.25. The molecule has 24 heavy (non-hydrogen) atoms. The number of fused-ring (bicyclic) bond motifs is 1. The van der Waals surface area contributed by atoms with Crippen LogP contribution in [0.4, 0.5) is 4.79 Å². The van der Waals surface area contributed by atoms with Crippen LogP contribution in [0.3, 0.4) is 0 Å². The van der Waals surface area contributed by atoms with E-state index < -0.39 is 11.9 Å². The van der Waals surface area contributed by atoms with Crippen molar-refractivity contribution in [2.24, 2.45) is 0 Å². The highest BCUT2D eigenvalue weighted by Crippen LogP contribution is 2.30. The van der Waals surface area contributed by atoms with Crippen molar-refractivity contribution in [2.75, 3.05) is 7.05 Å². The van der Waals surface area contributed by atoms with Crippen LogP contribution in [-0.4, -0.2) is 28.5 Å². The highest BCUT2D eigenvalue weighted by molar-refractivity contribution is 7.22. The molecule has 0 spiro atoms. The number of thiophene rings is 1. The Morgan fingerprint density at radius 3 is 2.71 bits per heavy atom. The van der Waals surface area contributed by atoms with Crippen molar-refractivity contribution in [3.05, 3.63) is 53.1 Å². The molecular formula is C16H14N4O3S. The van der Waals surface area contributed by atoms with Crippen molar-refractivity contribution in [3.8, 4) is 10.4 Å². The van der Waals surface area contributed by atoms with Crippen molar-refractivity contribution in [1.82, 2.24) is 20.2 Å². The lowest BCUT2D eigenvalue weighted by atomic mass is 10.2. The van der Waals surface area contributed by atoms with E-state index in [1.165, 1.54) is 29.3 Å². The van der Waals surface area contributed by atoms with Gasteiger partial charge in [-0.25, -0.2) is 9.78 Å². The van der Waals surface area contributed by atoms with Crippen LogP contribution in [0.5, 0.6) is 0 Å². The van der Waals surface area contributed by atoms with E-state index in [2.05, 4.69) is 15.6 Å². The topological polar surface area (TPSA) is 93.1 Å². The lowest BCUT2D eigenvalue weighted by Gasteiger charge is -2.05. The molecule has 0 radical (unpaired) electrons. The number of hydrogen-bond donors (Lipinski definition) is 2. The molecule has 2 heterocycles. The Balaban J connectivity index is 1.92. The summed E-state index contributed by atoms with van der Waals surface area (Å²) in [5.41, 5.74) is 1.29. The molecule has 0 saturated carbocycles. The van der Waals surface area contributed by atoms with Gasteiger partial charge in [0.1, 0.15) is 11.2 Å². The Labute approximate surface area is 141 Å². The third kappa shape index (κ3) is 3.18. The van der Waals surface area contributed by atoms with Gasteiger partial charge in [0.25, 0.3) is 5.56 Å². The second-order valence-corrected chi connectivity index (χ2v) is 6.05. The Kier molecular flexibility index (Phi) is 4.39. The number of rotatable bonds is 3. The molecule has 0 aliphatic carbocycles. The van der Waals surface area contributed by atoms with Crippen LogP contribution < -0.4 is 16.2 Å². The first-order valence-corrected chi connectivity index (χ1v) is 7.96. The molecule has 1 aromatic carbocycles. The summed E-state index contributed by atoms with van der Waals surface area (Å²) in [7, 11) is 1.40. The van der Waals surface area contributed by atoms with Gasteiger partial charge in [0.15, 0.2) is 0 Å². The number of hydrogen-bond acceptors (Lipinski definition) is 5. The van der Waals surface area contributed by atoms with Crippen molar-refractivity contribution in [1.29, 1.82) is 0 Å². The van der Waals surface area contributed by atoms with Crippen LogP contribution in [0.2, 0.25) is 0 Å². The zero-order valence-corrected chi connectivity index (χ0v) is 13.6. The van der Waals surface area contributed by atoms with E-state index in [-0.39, 0.29) is 12.1 Å². The SMILES string of the molecule is CNC(=O)NC(=O)Cn1cnc2cc(-c3ccccc3)sc2c1=O. The normalized spacial score (nSPS) is 10.5. The molecule has 3 aromatic rings. The molecule has 0 fully saturated rings. The van der Waals surface area contributed by atoms with E-state index in [4.69, 9.17) is 0 Å². The maximum atomic E-state index is 12.5. The van der Waals surface area contributed by atoms with Crippen molar-refractivity contribution in [2.45, 2.75) is 6.54 Å². The molecule has 8 heteroatoms. The van der Waals surface area contributed by atoms with Crippen LogP contribution >= 0.6 is 11.3 Å². The summed E-state index contributed by atoms with van der Waals surface area (Å²) in [5.74, 6) is -0.586. The van der Waals surface area contributed by atoms with Gasteiger partial charge >= 0.3 is 6.03 Å². The largest absolute Gasteiger partial charge is 0.341 e. The van der Waals surface area contributed by atoms with Gasteiger partial charge in [-0.1, -0.05) is 30.3 Å². The number of urea groups is 1. The molecule has 0 saturated heterocycles. The minimum absolute atomic E-state index is 0.270. The highest BCUT2D eigenvalue weighted by Gasteiger charge is 2.13. The third-order valence-electron chi connectivity index (χ3n) is 3.36. The van der Waals surface area contributed by atoms with Gasteiger partial charge in [-0.05, 0) is 11.6 Å². The summed E-state index contributed by atoms with van der Waals surface area (Å²) in [5, 5.41) is 4.39. The Hall–Kier alpha value is -3.00. The molecule has 2 N–H and O–H groups in total. The Bertz CT molecular complexity index is 962. The maximum absolute atomic E-state index is 12.5. The first-order chi connectivity index (χ1) is 11.6. The predicted molar refractivity (Wildman–Crippen MR) is 91.9 cm³/mol. The summed E-state index contributed by atoms with van der Waals surface area (Å²) in [6, 6.07) is 10.9. The second-order valence-electron chi connectivity index (χ2n) is 5.00. The molecule has 0 bridgehead atoms. The number of aromatic nitrogens is 2. The maximum Gasteiger partial charge on any atom is 0.321 e. The quantitative estimate of drug-likeness (QED) is 0.756. The number of carbonyl (C=O) groups is 2. The van der Waals surface area contributed by atoms with Crippen molar-refractivity contribution in [3.63, 3.8) is 0 Å². The van der Waals surface area contributed by atoms with Gasteiger partial charge in [-0.2, -0.15) is 0 Å². The second kappa shape index (κ2) is 6.63. The summed E-state index contributed by atoms with van der Waals surface area (Å²) in [4.78, 5) is 40.5. The minimum Gasteiger partial charge on any atom is -0.341 e. The molecule has 3 amide bonds. The van der Waals surface area contributed by atoms with Crippen molar-refractivity contribution < 1.29 is 9.59 Å². The van der Waals surface area contributed by atoms with E-state index in [9.17, 15) is 14.4 Å². The van der Waals surface area contributed by atoms with E-state index in [0.717, 1.165) is 10.4 Å². The minimum atomic E-state index is -0.621. The van der Waals surface area contributed by atoms with Gasteiger partial charge in [0.05, 0.1) is 11.8 Å². The lowest BCUT2D eigenvalue weighted by Crippen LogP contribution is -2.40. The average molecular weight is 342 g/mol. The first-order valence-electron chi connectivity index (χ1n) is 7.14. The molecule has 7 nitrogen and oxygen atoms in total. The summed E-state index contributed by atoms with van der Waals surface area (Å²) in [6.07, 6.45) is 1.32. The fourth-order valence-electron chi connectivity index (χ4n) is 2.19. The fraction of sp³-hybridized carbons (Fsp3) is 0.125. The molecule has 3 rings (SSSR count). The predicted octanol–water partition coefficient (Wildman–Crippen LogP) is 1.58. The monoisotopic (exact) mass is 342 g/mol. The van der Waals surface area contributed by atoms with E-state index in [1.54, 1.807) is 0 Å². The van der Waals surface area contributed by atoms with E-state index >= 15 is 0 Å². The average Bonchev–Trinajstić information content (AvgIpc) is 3.03. The molecule has 122 valence electrons. The Morgan fingerprint density at radius 2 is 2.00 bits per heavy atom. The molecule has 0 unspecified atom stereocenters. The number of imide groups is 1. The molecular weight excluding hydrogens is 328 g/mol. The van der Waals surface area contributed by atoms with Gasteiger partial charge in [-0.15, -0.1) is 11.3 Å². The number of nitrogens with one attached hydrogen (secondary N) is 2. The van der Waals surface area contributed by atoms with Gasteiger partial charge < -0.3 is 5.32 Å². The zero-order chi connectivity index (χ0) is 17.1. The van der Waals surface area contributed by atoms with Crippen LogP contribution in [0.1, 0.15) is 0 Å². The molecule has 0 aliphatic rings. The smallest absolute Gasteiger partial charge is 0.321 e. The zero-order valence-electron chi connectivity index (χ0n) is 12.8. The third-order valence-corrected chi connectivity index (χ3v) is 4.52. The molecule has 2 aromatic heterocycles. The van der Waals surface area contributed by atoms with E-state index in [1.807, 2.05) is 36.4 Å². The summed E-state index contributed by atoms with van der Waals surface area (Å²) >= 11 is 1.33.